The number of phenolic OH excluding ortho intramolecular Hbond substituents is 1. The summed E-state index contributed by atoms with van der Waals surface area (Å²) in [4.78, 5) is 11.6. The summed E-state index contributed by atoms with van der Waals surface area (Å²) in [5, 5.41) is 15.4. The Morgan fingerprint density at radius 1 is 1.47 bits per heavy atom. The lowest BCUT2D eigenvalue weighted by atomic mass is 10.1. The number of halogens is 1. The zero-order valence-electron chi connectivity index (χ0n) is 8.68. The van der Waals surface area contributed by atoms with Gasteiger partial charge in [-0.25, -0.2) is 4.39 Å². The Morgan fingerprint density at radius 2 is 2.29 bits per heavy atom. The van der Waals surface area contributed by atoms with Crippen molar-refractivity contribution in [2.24, 2.45) is 0 Å². The molecule has 0 fully saturated rings. The zero-order valence-corrected chi connectivity index (χ0v) is 8.68. The van der Waals surface area contributed by atoms with Gasteiger partial charge in [-0.05, 0) is 12.1 Å². The highest BCUT2D eigenvalue weighted by molar-refractivity contribution is 5.96. The predicted molar refractivity (Wildman–Crippen MR) is 55.7 cm³/mol. The van der Waals surface area contributed by atoms with E-state index >= 15 is 0 Å². The van der Waals surface area contributed by atoms with Crippen LogP contribution in [0, 0.1) is 5.82 Å². The fraction of sp³-hybridized carbons (Fsp3) is 0.0909. The number of carbonyl (C=O) groups excluding carboxylic acids is 1. The largest absolute Gasteiger partial charge is 0.507 e. The van der Waals surface area contributed by atoms with E-state index in [1.165, 1.54) is 18.4 Å². The average Bonchev–Trinajstić information content (AvgIpc) is 2.79. The van der Waals surface area contributed by atoms with Crippen LogP contribution in [-0.2, 0) is 6.54 Å². The molecule has 88 valence electrons. The van der Waals surface area contributed by atoms with E-state index in [9.17, 15) is 14.3 Å². The lowest BCUT2D eigenvalue weighted by Crippen LogP contribution is -2.24. The Hall–Kier alpha value is -2.37. The van der Waals surface area contributed by atoms with E-state index in [1.807, 2.05) is 0 Å². The fourth-order valence-corrected chi connectivity index (χ4v) is 1.33. The minimum atomic E-state index is -0.775. The van der Waals surface area contributed by atoms with Gasteiger partial charge in [0.1, 0.15) is 29.1 Å². The summed E-state index contributed by atoms with van der Waals surface area (Å²) in [5.74, 6) is -1.88. The summed E-state index contributed by atoms with van der Waals surface area (Å²) in [5.41, 5.74) is 0.130. The van der Waals surface area contributed by atoms with E-state index in [2.05, 4.69) is 15.0 Å². The molecule has 0 saturated heterocycles. The molecule has 0 aliphatic carbocycles. The first-order valence-electron chi connectivity index (χ1n) is 4.83. The topological polar surface area (TPSA) is 75.4 Å². The molecule has 1 amide bonds. The maximum absolute atomic E-state index is 13.3. The molecule has 2 aromatic rings. The van der Waals surface area contributed by atoms with Crippen molar-refractivity contribution in [2.45, 2.75) is 6.54 Å². The highest BCUT2D eigenvalue weighted by Gasteiger charge is 2.16. The van der Waals surface area contributed by atoms with E-state index in [0.29, 0.717) is 5.69 Å². The van der Waals surface area contributed by atoms with Gasteiger partial charge in [-0.3, -0.25) is 4.79 Å². The number of rotatable bonds is 3. The van der Waals surface area contributed by atoms with E-state index < -0.39 is 17.5 Å². The molecule has 0 bridgehead atoms. The first kappa shape index (κ1) is 11.1. The summed E-state index contributed by atoms with van der Waals surface area (Å²) in [6.45, 7) is 0.100. The second kappa shape index (κ2) is 4.65. The first-order valence-corrected chi connectivity index (χ1v) is 4.83. The molecule has 1 aromatic carbocycles. The van der Waals surface area contributed by atoms with Crippen LogP contribution in [0.5, 0.6) is 5.75 Å². The third-order valence-corrected chi connectivity index (χ3v) is 2.14. The van der Waals surface area contributed by atoms with Gasteiger partial charge in [-0.15, -0.1) is 0 Å². The number of hydrogen-bond acceptors (Lipinski definition) is 4. The Bertz CT molecular complexity index is 505. The van der Waals surface area contributed by atoms with Gasteiger partial charge in [-0.1, -0.05) is 11.2 Å². The first-order chi connectivity index (χ1) is 8.18. The van der Waals surface area contributed by atoms with Crippen LogP contribution in [0.1, 0.15) is 16.1 Å². The molecule has 6 heteroatoms. The monoisotopic (exact) mass is 236 g/mol. The molecule has 17 heavy (non-hydrogen) atoms. The van der Waals surface area contributed by atoms with Gasteiger partial charge in [0.2, 0.25) is 0 Å². The molecule has 1 heterocycles. The molecule has 5 nitrogen and oxygen atoms in total. The molecule has 2 N–H and O–H groups in total. The SMILES string of the molecule is O=C(NCc1ccon1)c1c(O)cccc1F. The van der Waals surface area contributed by atoms with Crippen molar-refractivity contribution >= 4 is 5.91 Å². The van der Waals surface area contributed by atoms with Crippen LogP contribution >= 0.6 is 0 Å². The smallest absolute Gasteiger partial charge is 0.258 e. The van der Waals surface area contributed by atoms with Crippen molar-refractivity contribution in [2.75, 3.05) is 0 Å². The van der Waals surface area contributed by atoms with Gasteiger partial charge >= 0.3 is 0 Å². The number of aromatic hydroxyl groups is 1. The van der Waals surface area contributed by atoms with Gasteiger partial charge in [0.05, 0.1) is 6.54 Å². The van der Waals surface area contributed by atoms with Gasteiger partial charge in [-0.2, -0.15) is 0 Å². The second-order valence-corrected chi connectivity index (χ2v) is 3.31. The van der Waals surface area contributed by atoms with Crippen LogP contribution in [0.25, 0.3) is 0 Å². The van der Waals surface area contributed by atoms with Crippen molar-refractivity contribution in [3.05, 3.63) is 47.6 Å². The van der Waals surface area contributed by atoms with Crippen LogP contribution in [-0.4, -0.2) is 16.2 Å². The van der Waals surface area contributed by atoms with Gasteiger partial charge in [0.25, 0.3) is 5.91 Å². The Balaban J connectivity index is 2.10. The highest BCUT2D eigenvalue weighted by Crippen LogP contribution is 2.19. The molecule has 2 rings (SSSR count). The molecule has 0 aliphatic rings. The molecular formula is C11H9FN2O3. The third kappa shape index (κ3) is 2.41. The number of amides is 1. The van der Waals surface area contributed by atoms with Crippen molar-refractivity contribution in [3.63, 3.8) is 0 Å². The lowest BCUT2D eigenvalue weighted by molar-refractivity contribution is 0.0943. The standard InChI is InChI=1S/C11H9FN2O3/c12-8-2-1-3-9(15)10(8)11(16)13-6-7-4-5-17-14-7/h1-5,15H,6H2,(H,13,16). The van der Waals surface area contributed by atoms with Crippen molar-refractivity contribution in [1.82, 2.24) is 10.5 Å². The molecule has 0 radical (unpaired) electrons. The van der Waals surface area contributed by atoms with E-state index in [0.717, 1.165) is 6.07 Å². The summed E-state index contributed by atoms with van der Waals surface area (Å²) in [7, 11) is 0. The molecule has 0 aliphatic heterocycles. The van der Waals surface area contributed by atoms with Crippen LogP contribution in [0.3, 0.4) is 0 Å². The van der Waals surface area contributed by atoms with Crippen molar-refractivity contribution in [3.8, 4) is 5.75 Å². The number of nitrogens with zero attached hydrogens (tertiary/aromatic N) is 1. The Kier molecular flexibility index (Phi) is 3.04. The van der Waals surface area contributed by atoms with Gasteiger partial charge in [0.15, 0.2) is 0 Å². The minimum Gasteiger partial charge on any atom is -0.507 e. The Morgan fingerprint density at radius 3 is 2.94 bits per heavy atom. The number of carbonyl (C=O) groups is 1. The molecule has 0 spiro atoms. The number of hydrogen-bond donors (Lipinski definition) is 2. The third-order valence-electron chi connectivity index (χ3n) is 2.14. The molecular weight excluding hydrogens is 227 g/mol. The molecule has 0 atom stereocenters. The molecule has 0 saturated carbocycles. The maximum atomic E-state index is 13.3. The predicted octanol–water partition coefficient (Wildman–Crippen LogP) is 1.45. The zero-order chi connectivity index (χ0) is 12.3. The number of aromatic nitrogens is 1. The average molecular weight is 236 g/mol. The van der Waals surface area contributed by atoms with Crippen LogP contribution < -0.4 is 5.32 Å². The minimum absolute atomic E-state index is 0.100. The maximum Gasteiger partial charge on any atom is 0.258 e. The Labute approximate surface area is 95.9 Å². The fourth-order valence-electron chi connectivity index (χ4n) is 1.33. The lowest BCUT2D eigenvalue weighted by Gasteiger charge is -2.05. The summed E-state index contributed by atoms with van der Waals surface area (Å²) >= 11 is 0. The second-order valence-electron chi connectivity index (χ2n) is 3.31. The van der Waals surface area contributed by atoms with Crippen LogP contribution in [0.2, 0.25) is 0 Å². The van der Waals surface area contributed by atoms with E-state index in [-0.39, 0.29) is 12.1 Å². The summed E-state index contributed by atoms with van der Waals surface area (Å²) in [6, 6.07) is 5.24. The highest BCUT2D eigenvalue weighted by atomic mass is 19.1. The van der Waals surface area contributed by atoms with E-state index in [4.69, 9.17) is 0 Å². The van der Waals surface area contributed by atoms with Crippen LogP contribution in [0.4, 0.5) is 4.39 Å². The van der Waals surface area contributed by atoms with Crippen LogP contribution in [0.15, 0.2) is 35.1 Å². The number of benzene rings is 1. The molecule has 1 aromatic heterocycles. The van der Waals surface area contributed by atoms with Gasteiger partial charge < -0.3 is 14.9 Å². The van der Waals surface area contributed by atoms with Crippen molar-refractivity contribution < 1.29 is 18.8 Å². The summed E-state index contributed by atoms with van der Waals surface area (Å²) < 4.78 is 17.9. The van der Waals surface area contributed by atoms with Crippen molar-refractivity contribution in [1.29, 1.82) is 0 Å². The normalized spacial score (nSPS) is 10.2. The number of nitrogens with one attached hydrogen (secondary N) is 1. The quantitative estimate of drug-likeness (QED) is 0.845. The van der Waals surface area contributed by atoms with E-state index in [1.54, 1.807) is 6.07 Å². The summed E-state index contributed by atoms with van der Waals surface area (Å²) in [6.07, 6.45) is 1.36. The number of phenols is 1. The molecule has 0 unspecified atom stereocenters. The van der Waals surface area contributed by atoms with Gasteiger partial charge in [0, 0.05) is 6.07 Å².